The summed E-state index contributed by atoms with van der Waals surface area (Å²) in [6.07, 6.45) is 0.916. The van der Waals surface area contributed by atoms with Crippen LogP contribution in [0.25, 0.3) is 11.4 Å². The molecule has 0 bridgehead atoms. The Morgan fingerprint density at radius 3 is 2.72 bits per heavy atom. The number of thioether (sulfide) groups is 1. The summed E-state index contributed by atoms with van der Waals surface area (Å²) in [7, 11) is 3.58. The Labute approximate surface area is 180 Å². The number of carbonyl (C=O) groups is 1. The van der Waals surface area contributed by atoms with E-state index in [2.05, 4.69) is 14.8 Å². The number of aromatic nitrogens is 4. The Morgan fingerprint density at radius 2 is 2.00 bits per heavy atom. The number of benzene rings is 1. The Morgan fingerprint density at radius 1 is 1.24 bits per heavy atom. The van der Waals surface area contributed by atoms with Crippen molar-refractivity contribution in [3.05, 3.63) is 52.3 Å². The van der Waals surface area contributed by atoms with E-state index in [9.17, 15) is 4.79 Å². The fourth-order valence-corrected chi connectivity index (χ4v) is 4.33. The zero-order valence-electron chi connectivity index (χ0n) is 17.1. The molecule has 0 aliphatic heterocycles. The molecule has 29 heavy (non-hydrogen) atoms. The van der Waals surface area contributed by atoms with Crippen LogP contribution >= 0.6 is 23.4 Å². The molecule has 0 amide bonds. The summed E-state index contributed by atoms with van der Waals surface area (Å²) in [5.74, 6) is 1.07. The van der Waals surface area contributed by atoms with Crippen LogP contribution in [-0.2, 0) is 18.3 Å². The number of nitrogens with zero attached hydrogens (tertiary/aromatic N) is 4. The summed E-state index contributed by atoms with van der Waals surface area (Å²) in [5, 5.41) is 9.80. The fraction of sp³-hybridized carbons (Fsp3) is 0.381. The smallest absolute Gasteiger partial charge is 0.191 e. The number of ketones is 1. The Kier molecular flexibility index (Phi) is 7.16. The van der Waals surface area contributed by atoms with E-state index in [1.807, 2.05) is 55.8 Å². The van der Waals surface area contributed by atoms with Crippen LogP contribution in [0.2, 0.25) is 5.02 Å². The van der Waals surface area contributed by atoms with Crippen molar-refractivity contribution in [2.75, 3.05) is 19.5 Å². The lowest BCUT2D eigenvalue weighted by molar-refractivity contribution is 0.102. The van der Waals surface area contributed by atoms with E-state index >= 15 is 0 Å². The van der Waals surface area contributed by atoms with Gasteiger partial charge in [0.05, 0.1) is 10.8 Å². The molecule has 0 saturated carbocycles. The van der Waals surface area contributed by atoms with Gasteiger partial charge in [-0.3, -0.25) is 4.79 Å². The Balaban J connectivity index is 1.71. The summed E-state index contributed by atoms with van der Waals surface area (Å²) in [4.78, 5) is 12.8. The van der Waals surface area contributed by atoms with Gasteiger partial charge in [-0.25, -0.2) is 0 Å². The summed E-state index contributed by atoms with van der Waals surface area (Å²) in [6.45, 7) is 5.57. The lowest BCUT2D eigenvalue weighted by Crippen LogP contribution is -2.08. The molecule has 8 heteroatoms. The van der Waals surface area contributed by atoms with E-state index in [1.165, 1.54) is 11.8 Å². The average molecular weight is 433 g/mol. The molecule has 0 spiro atoms. The monoisotopic (exact) mass is 432 g/mol. The molecule has 0 aliphatic carbocycles. The van der Waals surface area contributed by atoms with Crippen LogP contribution in [0.3, 0.4) is 0 Å². The summed E-state index contributed by atoms with van der Waals surface area (Å²) >= 11 is 7.66. The van der Waals surface area contributed by atoms with E-state index in [1.54, 1.807) is 7.11 Å². The molecule has 0 aliphatic rings. The standard InChI is InChI=1S/C21H25ClN4O2S/c1-14-12-17(15(2)26(14)10-7-11-28-4)19(27)13-29-21-24-23-20(25(21)3)16-8-5-6-9-18(16)22/h5-6,8-9,12H,7,10-11,13H2,1-4H3. The van der Waals surface area contributed by atoms with Gasteiger partial charge >= 0.3 is 0 Å². The van der Waals surface area contributed by atoms with Crippen LogP contribution in [0.5, 0.6) is 0 Å². The third-order valence-corrected chi connectivity index (χ3v) is 6.24. The number of hydrogen-bond donors (Lipinski definition) is 0. The minimum absolute atomic E-state index is 0.0865. The lowest BCUT2D eigenvalue weighted by Gasteiger charge is -2.09. The summed E-state index contributed by atoms with van der Waals surface area (Å²) < 4.78 is 9.17. The molecule has 3 rings (SSSR count). The highest BCUT2D eigenvalue weighted by molar-refractivity contribution is 7.99. The van der Waals surface area contributed by atoms with E-state index in [0.29, 0.717) is 28.4 Å². The second-order valence-electron chi connectivity index (χ2n) is 6.84. The normalized spacial score (nSPS) is 11.2. The highest BCUT2D eigenvalue weighted by Crippen LogP contribution is 2.28. The molecule has 6 nitrogen and oxygen atoms in total. The topological polar surface area (TPSA) is 61.9 Å². The van der Waals surface area contributed by atoms with Crippen molar-refractivity contribution in [2.24, 2.45) is 7.05 Å². The first-order valence-electron chi connectivity index (χ1n) is 9.40. The van der Waals surface area contributed by atoms with Gasteiger partial charge in [-0.2, -0.15) is 0 Å². The van der Waals surface area contributed by atoms with Gasteiger partial charge in [-0.15, -0.1) is 10.2 Å². The lowest BCUT2D eigenvalue weighted by atomic mass is 10.2. The van der Waals surface area contributed by atoms with E-state index in [4.69, 9.17) is 16.3 Å². The SMILES string of the molecule is COCCCn1c(C)cc(C(=O)CSc2nnc(-c3ccccc3Cl)n2C)c1C. The van der Waals surface area contributed by atoms with E-state index < -0.39 is 0 Å². The third-order valence-electron chi connectivity index (χ3n) is 4.89. The first-order valence-corrected chi connectivity index (χ1v) is 10.8. The molecule has 0 atom stereocenters. The van der Waals surface area contributed by atoms with Gasteiger partial charge in [0.2, 0.25) is 0 Å². The van der Waals surface area contributed by atoms with Gasteiger partial charge in [0.15, 0.2) is 16.8 Å². The van der Waals surface area contributed by atoms with Crippen LogP contribution in [0, 0.1) is 13.8 Å². The molecule has 0 saturated heterocycles. The van der Waals surface area contributed by atoms with Gasteiger partial charge in [-0.1, -0.05) is 35.5 Å². The number of Topliss-reactive ketones (excluding diaryl/α,β-unsaturated/α-hetero) is 1. The van der Waals surface area contributed by atoms with Crippen molar-refractivity contribution in [2.45, 2.75) is 32.0 Å². The minimum Gasteiger partial charge on any atom is -0.385 e. The van der Waals surface area contributed by atoms with Gasteiger partial charge in [-0.05, 0) is 38.5 Å². The molecule has 2 heterocycles. The molecule has 0 unspecified atom stereocenters. The van der Waals surface area contributed by atoms with E-state index in [0.717, 1.165) is 35.5 Å². The molecule has 1 aromatic carbocycles. The summed E-state index contributed by atoms with van der Waals surface area (Å²) in [6, 6.07) is 9.49. The fourth-order valence-electron chi connectivity index (χ4n) is 3.32. The first kappa shape index (κ1) is 21.6. The number of ether oxygens (including phenoxy) is 1. The van der Waals surface area contributed by atoms with Crippen molar-refractivity contribution in [3.8, 4) is 11.4 Å². The third kappa shape index (κ3) is 4.74. The second kappa shape index (κ2) is 9.61. The van der Waals surface area contributed by atoms with Crippen LogP contribution in [0.4, 0.5) is 0 Å². The van der Waals surface area contributed by atoms with Crippen molar-refractivity contribution < 1.29 is 9.53 Å². The highest BCUT2D eigenvalue weighted by atomic mass is 35.5. The maximum Gasteiger partial charge on any atom is 0.191 e. The molecule has 2 aromatic heterocycles. The number of halogens is 1. The molecular weight excluding hydrogens is 408 g/mol. The van der Waals surface area contributed by atoms with Gasteiger partial charge in [0, 0.05) is 49.8 Å². The zero-order valence-corrected chi connectivity index (χ0v) is 18.7. The van der Waals surface area contributed by atoms with Crippen LogP contribution < -0.4 is 0 Å². The van der Waals surface area contributed by atoms with Crippen molar-refractivity contribution in [1.29, 1.82) is 0 Å². The Hall–Kier alpha value is -2.09. The number of methoxy groups -OCH3 is 1. The molecule has 154 valence electrons. The average Bonchev–Trinajstić information content (AvgIpc) is 3.20. The van der Waals surface area contributed by atoms with Crippen molar-refractivity contribution in [1.82, 2.24) is 19.3 Å². The van der Waals surface area contributed by atoms with Gasteiger partial charge < -0.3 is 13.9 Å². The molecule has 0 N–H and O–H groups in total. The highest BCUT2D eigenvalue weighted by Gasteiger charge is 2.18. The van der Waals surface area contributed by atoms with Crippen molar-refractivity contribution in [3.63, 3.8) is 0 Å². The number of carbonyl (C=O) groups excluding carboxylic acids is 1. The molecule has 0 radical (unpaired) electrons. The van der Waals surface area contributed by atoms with Gasteiger partial charge in [0.1, 0.15) is 0 Å². The maximum absolute atomic E-state index is 12.8. The Bertz CT molecular complexity index is 1010. The number of hydrogen-bond acceptors (Lipinski definition) is 5. The van der Waals surface area contributed by atoms with Crippen LogP contribution in [-0.4, -0.2) is 44.6 Å². The predicted octanol–water partition coefficient (Wildman–Crippen LogP) is 4.57. The number of rotatable bonds is 9. The molecule has 3 aromatic rings. The van der Waals surface area contributed by atoms with E-state index in [-0.39, 0.29) is 5.78 Å². The molecule has 0 fully saturated rings. The zero-order chi connectivity index (χ0) is 21.0. The van der Waals surface area contributed by atoms with Gasteiger partial charge in [0.25, 0.3) is 0 Å². The minimum atomic E-state index is 0.0865. The van der Waals surface area contributed by atoms with Crippen LogP contribution in [0.1, 0.15) is 28.2 Å². The quantitative estimate of drug-likeness (QED) is 0.281. The predicted molar refractivity (Wildman–Crippen MR) is 117 cm³/mol. The second-order valence-corrected chi connectivity index (χ2v) is 8.19. The number of aryl methyl sites for hydroxylation is 1. The maximum atomic E-state index is 12.8. The largest absolute Gasteiger partial charge is 0.385 e. The first-order chi connectivity index (χ1) is 13.9. The van der Waals surface area contributed by atoms with Crippen molar-refractivity contribution >= 4 is 29.1 Å². The van der Waals surface area contributed by atoms with Crippen LogP contribution in [0.15, 0.2) is 35.5 Å². The molecular formula is C21H25ClN4O2S. The summed E-state index contributed by atoms with van der Waals surface area (Å²) in [5.41, 5.74) is 3.67.